The molecule has 0 N–H and O–H groups in total. The van der Waals surface area contributed by atoms with Gasteiger partial charge in [-0.25, -0.2) is 0 Å². The van der Waals surface area contributed by atoms with Crippen molar-refractivity contribution < 1.29 is 19.1 Å². The van der Waals surface area contributed by atoms with Crippen molar-refractivity contribution in [2.24, 2.45) is 5.41 Å². The highest BCUT2D eigenvalue weighted by Crippen LogP contribution is 2.43. The Labute approximate surface area is 93.9 Å². The van der Waals surface area contributed by atoms with Crippen LogP contribution in [0.3, 0.4) is 0 Å². The van der Waals surface area contributed by atoms with E-state index >= 15 is 0 Å². The molecule has 2 saturated heterocycles. The SMILES string of the molecule is CON1C(=O)CC2(CC[N+](C)([O-])CC2)C1=O. The van der Waals surface area contributed by atoms with Gasteiger partial charge in [0.25, 0.3) is 11.8 Å². The van der Waals surface area contributed by atoms with Crippen LogP contribution in [0.15, 0.2) is 0 Å². The average molecular weight is 228 g/mol. The van der Waals surface area contributed by atoms with E-state index in [0.717, 1.165) is 5.06 Å². The van der Waals surface area contributed by atoms with E-state index in [1.54, 1.807) is 7.05 Å². The number of rotatable bonds is 1. The van der Waals surface area contributed by atoms with Gasteiger partial charge in [0.2, 0.25) is 0 Å². The highest BCUT2D eigenvalue weighted by atomic mass is 16.7. The molecular formula is C10H16N2O4. The molecule has 0 aromatic rings. The van der Waals surface area contributed by atoms with Crippen LogP contribution >= 0.6 is 0 Å². The van der Waals surface area contributed by atoms with E-state index in [9.17, 15) is 14.8 Å². The van der Waals surface area contributed by atoms with Gasteiger partial charge in [-0.3, -0.25) is 14.4 Å². The number of likely N-dealkylation sites (tertiary alicyclic amines) is 1. The number of amides is 2. The van der Waals surface area contributed by atoms with Crippen molar-refractivity contribution in [2.75, 3.05) is 27.2 Å². The highest BCUT2D eigenvalue weighted by molar-refractivity contribution is 6.04. The molecule has 2 heterocycles. The standard InChI is InChI=1S/C10H16N2O4/c1-12(15)5-3-10(4-6-12)7-8(13)11(16-2)9(10)14/h3-7H2,1-2H3. The van der Waals surface area contributed by atoms with Crippen LogP contribution in [0.5, 0.6) is 0 Å². The van der Waals surface area contributed by atoms with Crippen LogP contribution < -0.4 is 0 Å². The normalized spacial score (nSPS) is 39.8. The Balaban J connectivity index is 2.17. The van der Waals surface area contributed by atoms with Gasteiger partial charge in [0, 0.05) is 19.3 Å². The zero-order chi connectivity index (χ0) is 12.0. The second kappa shape index (κ2) is 3.51. The van der Waals surface area contributed by atoms with Crippen LogP contribution in [-0.4, -0.2) is 48.8 Å². The van der Waals surface area contributed by atoms with Crippen LogP contribution in [0.2, 0.25) is 0 Å². The fourth-order valence-corrected chi connectivity index (χ4v) is 2.48. The number of imide groups is 1. The summed E-state index contributed by atoms with van der Waals surface area (Å²) in [5.74, 6) is -0.575. The molecule has 0 saturated carbocycles. The Morgan fingerprint density at radius 2 is 1.94 bits per heavy atom. The molecule has 2 rings (SSSR count). The van der Waals surface area contributed by atoms with Gasteiger partial charge in [-0.2, -0.15) is 5.06 Å². The van der Waals surface area contributed by atoms with Crippen LogP contribution in [0.4, 0.5) is 0 Å². The zero-order valence-electron chi connectivity index (χ0n) is 9.56. The lowest BCUT2D eigenvalue weighted by Crippen LogP contribution is -2.50. The third-order valence-corrected chi connectivity index (χ3v) is 3.66. The molecule has 6 nitrogen and oxygen atoms in total. The molecule has 0 radical (unpaired) electrons. The Morgan fingerprint density at radius 1 is 1.38 bits per heavy atom. The van der Waals surface area contributed by atoms with E-state index in [-0.39, 0.29) is 22.9 Å². The molecule has 1 spiro atoms. The molecule has 0 aliphatic carbocycles. The van der Waals surface area contributed by atoms with Gasteiger partial charge in [-0.05, 0) is 0 Å². The third kappa shape index (κ3) is 1.63. The molecule has 90 valence electrons. The minimum Gasteiger partial charge on any atom is -0.633 e. The maximum absolute atomic E-state index is 12.0. The van der Waals surface area contributed by atoms with Crippen molar-refractivity contribution in [3.05, 3.63) is 5.21 Å². The molecule has 0 bridgehead atoms. The van der Waals surface area contributed by atoms with E-state index in [1.165, 1.54) is 7.11 Å². The first-order valence-corrected chi connectivity index (χ1v) is 5.37. The second-order valence-corrected chi connectivity index (χ2v) is 4.88. The number of quaternary nitrogens is 1. The number of carbonyl (C=O) groups is 2. The topological polar surface area (TPSA) is 69.7 Å². The molecule has 0 unspecified atom stereocenters. The number of hydroxylamine groups is 5. The van der Waals surface area contributed by atoms with Crippen LogP contribution in [-0.2, 0) is 14.4 Å². The molecule has 0 atom stereocenters. The number of hydrogen-bond acceptors (Lipinski definition) is 4. The van der Waals surface area contributed by atoms with Crippen LogP contribution in [0, 0.1) is 10.6 Å². The summed E-state index contributed by atoms with van der Waals surface area (Å²) in [5, 5.41) is 12.5. The lowest BCUT2D eigenvalue weighted by Gasteiger charge is -2.46. The predicted molar refractivity (Wildman–Crippen MR) is 54.4 cm³/mol. The number of carbonyl (C=O) groups excluding carboxylic acids is 2. The number of hydrogen-bond donors (Lipinski definition) is 0. The Bertz CT molecular complexity index is 330. The molecule has 0 aromatic carbocycles. The molecule has 2 aliphatic rings. The van der Waals surface area contributed by atoms with Gasteiger partial charge >= 0.3 is 0 Å². The second-order valence-electron chi connectivity index (χ2n) is 4.88. The highest BCUT2D eigenvalue weighted by Gasteiger charge is 2.54. The van der Waals surface area contributed by atoms with Crippen molar-refractivity contribution >= 4 is 11.8 Å². The summed E-state index contributed by atoms with van der Waals surface area (Å²) in [7, 11) is 2.91. The molecule has 2 fully saturated rings. The van der Waals surface area contributed by atoms with Crippen molar-refractivity contribution in [3.63, 3.8) is 0 Å². The molecule has 2 aliphatic heterocycles. The van der Waals surface area contributed by atoms with E-state index in [0.29, 0.717) is 25.9 Å². The summed E-state index contributed by atoms with van der Waals surface area (Å²) >= 11 is 0. The summed E-state index contributed by atoms with van der Waals surface area (Å²) in [6, 6.07) is 0. The van der Waals surface area contributed by atoms with E-state index in [4.69, 9.17) is 4.84 Å². The largest absolute Gasteiger partial charge is 0.633 e. The fraction of sp³-hybridized carbons (Fsp3) is 0.800. The van der Waals surface area contributed by atoms with E-state index in [1.807, 2.05) is 0 Å². The summed E-state index contributed by atoms with van der Waals surface area (Å²) in [4.78, 5) is 28.3. The first kappa shape index (κ1) is 11.5. The monoisotopic (exact) mass is 228 g/mol. The van der Waals surface area contributed by atoms with Crippen LogP contribution in [0.25, 0.3) is 0 Å². The Morgan fingerprint density at radius 3 is 2.38 bits per heavy atom. The van der Waals surface area contributed by atoms with Gasteiger partial charge in [-0.1, -0.05) is 0 Å². The van der Waals surface area contributed by atoms with Crippen molar-refractivity contribution in [1.29, 1.82) is 0 Å². The summed E-state index contributed by atoms with van der Waals surface area (Å²) in [5.41, 5.74) is -0.671. The van der Waals surface area contributed by atoms with Gasteiger partial charge in [-0.15, -0.1) is 0 Å². The Kier molecular flexibility index (Phi) is 2.52. The third-order valence-electron chi connectivity index (χ3n) is 3.66. The lowest BCUT2D eigenvalue weighted by molar-refractivity contribution is -0.867. The van der Waals surface area contributed by atoms with Crippen molar-refractivity contribution in [1.82, 2.24) is 5.06 Å². The average Bonchev–Trinajstić information content (AvgIpc) is 2.45. The van der Waals surface area contributed by atoms with Crippen LogP contribution in [0.1, 0.15) is 19.3 Å². The smallest absolute Gasteiger partial charge is 0.260 e. The lowest BCUT2D eigenvalue weighted by atomic mass is 9.77. The zero-order valence-corrected chi connectivity index (χ0v) is 9.56. The van der Waals surface area contributed by atoms with Crippen molar-refractivity contribution in [2.45, 2.75) is 19.3 Å². The molecular weight excluding hydrogens is 212 g/mol. The fourth-order valence-electron chi connectivity index (χ4n) is 2.48. The maximum atomic E-state index is 12.0. The minimum atomic E-state index is -0.671. The number of nitrogens with zero attached hydrogens (tertiary/aromatic N) is 2. The first-order chi connectivity index (χ1) is 7.40. The maximum Gasteiger partial charge on any atom is 0.260 e. The van der Waals surface area contributed by atoms with Gasteiger partial charge in [0.1, 0.15) is 0 Å². The van der Waals surface area contributed by atoms with Crippen molar-refractivity contribution in [3.8, 4) is 0 Å². The van der Waals surface area contributed by atoms with E-state index < -0.39 is 5.41 Å². The molecule has 16 heavy (non-hydrogen) atoms. The van der Waals surface area contributed by atoms with Gasteiger partial charge in [0.05, 0.1) is 32.7 Å². The Hall–Kier alpha value is -0.980. The quantitative estimate of drug-likeness (QED) is 0.361. The summed E-state index contributed by atoms with van der Waals surface area (Å²) in [6.07, 6.45) is 1.12. The molecule has 0 aromatic heterocycles. The van der Waals surface area contributed by atoms with Gasteiger partial charge < -0.3 is 9.85 Å². The number of piperidine rings is 1. The predicted octanol–water partition coefficient (Wildman–Crippen LogP) is 0.0313. The van der Waals surface area contributed by atoms with E-state index in [2.05, 4.69) is 0 Å². The molecule has 6 heteroatoms. The van der Waals surface area contributed by atoms with Gasteiger partial charge in [0.15, 0.2) is 0 Å². The minimum absolute atomic E-state index is 0.180. The summed E-state index contributed by atoms with van der Waals surface area (Å²) in [6.45, 7) is 0.771. The summed E-state index contributed by atoms with van der Waals surface area (Å²) < 4.78 is -0.323. The molecule has 2 amide bonds. The first-order valence-electron chi connectivity index (χ1n) is 5.37.